The van der Waals surface area contributed by atoms with Crippen LogP contribution in [0.5, 0.6) is 0 Å². The highest BCUT2D eigenvalue weighted by atomic mass is 32.1. The van der Waals surface area contributed by atoms with E-state index in [1.165, 1.54) is 23.3 Å². The van der Waals surface area contributed by atoms with Crippen LogP contribution in [0.1, 0.15) is 29.1 Å². The van der Waals surface area contributed by atoms with Gasteiger partial charge in [0.05, 0.1) is 12.6 Å². The standard InChI is InChI=1S/C12H19F3N2S/c1-4-9(16)11(10-6-5-8(2)18-10)17(3)7-12(13,14)15/h5-6,9,11H,4,7,16H2,1-3H3. The van der Waals surface area contributed by atoms with Crippen LogP contribution in [0.4, 0.5) is 13.2 Å². The Hall–Kier alpha value is -0.590. The molecule has 0 aliphatic carbocycles. The number of nitrogens with two attached hydrogens (primary N) is 1. The van der Waals surface area contributed by atoms with Crippen molar-refractivity contribution in [3.63, 3.8) is 0 Å². The summed E-state index contributed by atoms with van der Waals surface area (Å²) >= 11 is 1.50. The van der Waals surface area contributed by atoms with E-state index in [-0.39, 0.29) is 12.1 Å². The number of likely N-dealkylation sites (N-methyl/N-ethyl adjacent to an activating group) is 1. The highest BCUT2D eigenvalue weighted by molar-refractivity contribution is 7.12. The first-order chi connectivity index (χ1) is 8.24. The van der Waals surface area contributed by atoms with Crippen LogP contribution in [-0.4, -0.2) is 30.7 Å². The van der Waals surface area contributed by atoms with Crippen LogP contribution in [-0.2, 0) is 0 Å². The van der Waals surface area contributed by atoms with Crippen LogP contribution >= 0.6 is 11.3 Å². The molecule has 0 fully saturated rings. The van der Waals surface area contributed by atoms with E-state index in [1.54, 1.807) is 0 Å². The van der Waals surface area contributed by atoms with E-state index in [1.807, 2.05) is 26.0 Å². The Kier molecular flexibility index (Phi) is 5.19. The predicted molar refractivity (Wildman–Crippen MR) is 68.7 cm³/mol. The summed E-state index contributed by atoms with van der Waals surface area (Å²) < 4.78 is 37.4. The lowest BCUT2D eigenvalue weighted by molar-refractivity contribution is -0.148. The Morgan fingerprint density at radius 1 is 1.39 bits per heavy atom. The number of alkyl halides is 3. The Bertz CT molecular complexity index is 376. The van der Waals surface area contributed by atoms with Gasteiger partial charge in [-0.25, -0.2) is 0 Å². The van der Waals surface area contributed by atoms with E-state index in [4.69, 9.17) is 5.73 Å². The SMILES string of the molecule is CCC(N)C(c1ccc(C)s1)N(C)CC(F)(F)F. The largest absolute Gasteiger partial charge is 0.401 e. The van der Waals surface area contributed by atoms with Gasteiger partial charge in [-0.1, -0.05) is 6.92 Å². The van der Waals surface area contributed by atoms with E-state index in [0.717, 1.165) is 9.75 Å². The van der Waals surface area contributed by atoms with Crippen LogP contribution in [0, 0.1) is 6.92 Å². The molecule has 0 aliphatic rings. The Morgan fingerprint density at radius 3 is 2.39 bits per heavy atom. The topological polar surface area (TPSA) is 29.3 Å². The fourth-order valence-electron chi connectivity index (χ4n) is 1.97. The zero-order valence-corrected chi connectivity index (χ0v) is 11.6. The molecule has 2 unspecified atom stereocenters. The second-order valence-corrected chi connectivity index (χ2v) is 5.82. The van der Waals surface area contributed by atoms with Crippen molar-refractivity contribution in [2.45, 2.75) is 38.5 Å². The smallest absolute Gasteiger partial charge is 0.326 e. The Morgan fingerprint density at radius 2 is 2.00 bits per heavy atom. The lowest BCUT2D eigenvalue weighted by Crippen LogP contribution is -2.42. The van der Waals surface area contributed by atoms with Crippen LogP contribution < -0.4 is 5.73 Å². The number of thiophene rings is 1. The van der Waals surface area contributed by atoms with Gasteiger partial charge < -0.3 is 5.73 Å². The van der Waals surface area contributed by atoms with E-state index in [0.29, 0.717) is 6.42 Å². The number of nitrogens with zero attached hydrogens (tertiary/aromatic N) is 1. The van der Waals surface area contributed by atoms with Crippen LogP contribution in [0.3, 0.4) is 0 Å². The lowest BCUT2D eigenvalue weighted by Gasteiger charge is -2.32. The van der Waals surface area contributed by atoms with Crippen molar-refractivity contribution >= 4 is 11.3 Å². The third kappa shape index (κ3) is 4.26. The minimum Gasteiger partial charge on any atom is -0.326 e. The van der Waals surface area contributed by atoms with Gasteiger partial charge in [0.15, 0.2) is 0 Å². The highest BCUT2D eigenvalue weighted by Crippen LogP contribution is 2.31. The maximum absolute atomic E-state index is 12.5. The molecular formula is C12H19F3N2S. The number of hydrogen-bond acceptors (Lipinski definition) is 3. The van der Waals surface area contributed by atoms with Crippen molar-refractivity contribution in [1.82, 2.24) is 4.90 Å². The predicted octanol–water partition coefficient (Wildman–Crippen LogP) is 3.33. The summed E-state index contributed by atoms with van der Waals surface area (Å²) in [6.45, 7) is 2.88. The van der Waals surface area contributed by atoms with Crippen LogP contribution in [0.2, 0.25) is 0 Å². The molecule has 1 heterocycles. The quantitative estimate of drug-likeness (QED) is 0.896. The van der Waals surface area contributed by atoms with Gasteiger partial charge in [0.2, 0.25) is 0 Å². The molecule has 6 heteroatoms. The summed E-state index contributed by atoms with van der Waals surface area (Å²) in [5.41, 5.74) is 5.98. The average Bonchev–Trinajstić information content (AvgIpc) is 2.62. The van der Waals surface area contributed by atoms with E-state index in [2.05, 4.69) is 0 Å². The molecule has 0 saturated carbocycles. The maximum atomic E-state index is 12.5. The molecule has 2 N–H and O–H groups in total. The molecule has 0 bridgehead atoms. The monoisotopic (exact) mass is 280 g/mol. The minimum atomic E-state index is -4.20. The minimum absolute atomic E-state index is 0.296. The number of rotatable bonds is 5. The molecule has 0 aliphatic heterocycles. The fraction of sp³-hybridized carbons (Fsp3) is 0.667. The fourth-order valence-corrected chi connectivity index (χ4v) is 3.09. The summed E-state index contributed by atoms with van der Waals surface area (Å²) in [7, 11) is 1.47. The average molecular weight is 280 g/mol. The highest BCUT2D eigenvalue weighted by Gasteiger charge is 2.34. The summed E-state index contributed by atoms with van der Waals surface area (Å²) in [6, 6.07) is 3.11. The normalized spacial score (nSPS) is 16.0. The molecule has 104 valence electrons. The molecular weight excluding hydrogens is 261 g/mol. The van der Waals surface area contributed by atoms with Gasteiger partial charge in [-0.2, -0.15) is 13.2 Å². The van der Waals surface area contributed by atoms with Crippen molar-refractivity contribution in [2.24, 2.45) is 5.73 Å². The second kappa shape index (κ2) is 6.04. The molecule has 1 aromatic rings. The molecule has 0 radical (unpaired) electrons. The maximum Gasteiger partial charge on any atom is 0.401 e. The molecule has 1 aromatic heterocycles. The second-order valence-electron chi connectivity index (χ2n) is 4.50. The third-order valence-corrected chi connectivity index (χ3v) is 3.90. The summed E-state index contributed by atoms with van der Waals surface area (Å²) in [5, 5.41) is 0. The molecule has 2 atom stereocenters. The van der Waals surface area contributed by atoms with Crippen LogP contribution in [0.25, 0.3) is 0 Å². The molecule has 0 amide bonds. The van der Waals surface area contributed by atoms with Gasteiger partial charge in [-0.15, -0.1) is 11.3 Å². The molecule has 2 nitrogen and oxygen atoms in total. The molecule has 0 saturated heterocycles. The Labute approximate surface area is 110 Å². The lowest BCUT2D eigenvalue weighted by atomic mass is 10.0. The van der Waals surface area contributed by atoms with Crippen molar-refractivity contribution in [1.29, 1.82) is 0 Å². The zero-order chi connectivity index (χ0) is 13.9. The summed E-state index contributed by atoms with van der Waals surface area (Å²) in [6.07, 6.45) is -3.56. The Balaban J connectivity index is 2.92. The van der Waals surface area contributed by atoms with Gasteiger partial charge in [0.1, 0.15) is 0 Å². The number of hydrogen-bond donors (Lipinski definition) is 1. The first-order valence-electron chi connectivity index (χ1n) is 5.83. The third-order valence-electron chi connectivity index (χ3n) is 2.83. The molecule has 1 rings (SSSR count). The van der Waals surface area contributed by atoms with Gasteiger partial charge in [-0.05, 0) is 32.5 Å². The van der Waals surface area contributed by atoms with Gasteiger partial charge in [0.25, 0.3) is 0 Å². The van der Waals surface area contributed by atoms with E-state index in [9.17, 15) is 13.2 Å². The van der Waals surface area contributed by atoms with Crippen LogP contribution in [0.15, 0.2) is 12.1 Å². The van der Waals surface area contributed by atoms with Crippen molar-refractivity contribution in [3.8, 4) is 0 Å². The van der Waals surface area contributed by atoms with Gasteiger partial charge in [-0.3, -0.25) is 4.90 Å². The van der Waals surface area contributed by atoms with Gasteiger partial charge in [0, 0.05) is 15.8 Å². The summed E-state index contributed by atoms with van der Waals surface area (Å²) in [5.74, 6) is 0. The van der Waals surface area contributed by atoms with Crippen molar-refractivity contribution < 1.29 is 13.2 Å². The molecule has 0 spiro atoms. The molecule has 18 heavy (non-hydrogen) atoms. The van der Waals surface area contributed by atoms with Crippen molar-refractivity contribution in [3.05, 3.63) is 21.9 Å². The first kappa shape index (κ1) is 15.5. The van der Waals surface area contributed by atoms with Crippen molar-refractivity contribution in [2.75, 3.05) is 13.6 Å². The zero-order valence-electron chi connectivity index (χ0n) is 10.8. The summed E-state index contributed by atoms with van der Waals surface area (Å²) in [4.78, 5) is 3.27. The van der Waals surface area contributed by atoms with E-state index < -0.39 is 12.7 Å². The number of halogens is 3. The first-order valence-corrected chi connectivity index (χ1v) is 6.65. The van der Waals surface area contributed by atoms with Gasteiger partial charge >= 0.3 is 6.18 Å². The number of aryl methyl sites for hydroxylation is 1. The molecule has 0 aromatic carbocycles. The van der Waals surface area contributed by atoms with E-state index >= 15 is 0 Å².